The fraction of sp³-hybridized carbons (Fsp3) is 0.200. The summed E-state index contributed by atoms with van der Waals surface area (Å²) in [6, 6.07) is 3.73. The molecule has 0 aromatic carbocycles. The predicted octanol–water partition coefficient (Wildman–Crippen LogP) is 1.37. The Hall–Kier alpha value is -1.84. The van der Waals surface area contributed by atoms with Gasteiger partial charge in [-0.25, -0.2) is 9.97 Å². The van der Waals surface area contributed by atoms with Gasteiger partial charge < -0.3 is 10.3 Å². The van der Waals surface area contributed by atoms with Crippen LogP contribution >= 0.6 is 0 Å². The number of aryl methyl sites for hydroxylation is 2. The lowest BCUT2D eigenvalue weighted by Crippen LogP contribution is -1.94. The molecule has 2 aromatic rings. The fourth-order valence-electron chi connectivity index (χ4n) is 1.26. The van der Waals surface area contributed by atoms with Crippen LogP contribution in [-0.2, 0) is 7.05 Å². The Morgan fingerprint density at radius 2 is 2.07 bits per heavy atom. The third-order valence-electron chi connectivity index (χ3n) is 2.09. The zero-order chi connectivity index (χ0) is 10.1. The Kier molecular flexibility index (Phi) is 1.96. The summed E-state index contributed by atoms with van der Waals surface area (Å²) in [6.45, 7) is 1.89. The molecule has 0 amide bonds. The summed E-state index contributed by atoms with van der Waals surface area (Å²) in [5.41, 5.74) is 8.97. The number of nitrogens with two attached hydrogens (primary N) is 1. The zero-order valence-electron chi connectivity index (χ0n) is 8.23. The molecule has 0 aliphatic carbocycles. The molecule has 0 unspecified atom stereocenters. The van der Waals surface area contributed by atoms with Gasteiger partial charge in [0.2, 0.25) is 0 Å². The minimum absolute atomic E-state index is 0.713. The van der Waals surface area contributed by atoms with Gasteiger partial charge in [0, 0.05) is 13.2 Å². The number of pyridine rings is 1. The van der Waals surface area contributed by atoms with E-state index in [4.69, 9.17) is 5.73 Å². The lowest BCUT2D eigenvalue weighted by Gasteiger charge is -2.00. The minimum Gasteiger partial charge on any atom is -0.397 e. The smallest absolute Gasteiger partial charge is 0.107 e. The molecule has 0 saturated heterocycles. The first-order valence-corrected chi connectivity index (χ1v) is 4.38. The summed E-state index contributed by atoms with van der Waals surface area (Å²) >= 11 is 0. The van der Waals surface area contributed by atoms with Gasteiger partial charge in [0.15, 0.2) is 0 Å². The Morgan fingerprint density at radius 1 is 1.29 bits per heavy atom. The summed E-state index contributed by atoms with van der Waals surface area (Å²) in [7, 11) is 1.93. The molecule has 0 aliphatic rings. The Morgan fingerprint density at radius 3 is 2.64 bits per heavy atom. The molecule has 0 atom stereocenters. The summed E-state index contributed by atoms with van der Waals surface area (Å²) in [5, 5.41) is 0. The van der Waals surface area contributed by atoms with Crippen molar-refractivity contribution < 1.29 is 0 Å². The largest absolute Gasteiger partial charge is 0.397 e. The van der Waals surface area contributed by atoms with Crippen LogP contribution in [0.3, 0.4) is 0 Å². The fourth-order valence-corrected chi connectivity index (χ4v) is 1.26. The summed E-state index contributed by atoms with van der Waals surface area (Å²) in [4.78, 5) is 8.57. The molecule has 4 nitrogen and oxygen atoms in total. The van der Waals surface area contributed by atoms with Gasteiger partial charge in [0.25, 0.3) is 0 Å². The van der Waals surface area contributed by atoms with E-state index >= 15 is 0 Å². The van der Waals surface area contributed by atoms with Crippen LogP contribution in [0, 0.1) is 6.92 Å². The van der Waals surface area contributed by atoms with E-state index in [1.54, 1.807) is 6.33 Å². The number of nitrogens with zero attached hydrogens (tertiary/aromatic N) is 3. The molecular formula is C10H12N4. The molecule has 72 valence electrons. The second-order valence-electron chi connectivity index (χ2n) is 3.30. The number of hydrogen-bond acceptors (Lipinski definition) is 3. The van der Waals surface area contributed by atoms with Crippen molar-refractivity contribution in [3.05, 3.63) is 30.4 Å². The SMILES string of the molecule is Cc1nc(-c2cn(C)cn2)ccc1N. The number of rotatable bonds is 1. The first-order valence-electron chi connectivity index (χ1n) is 4.38. The van der Waals surface area contributed by atoms with Gasteiger partial charge in [0.05, 0.1) is 23.4 Å². The van der Waals surface area contributed by atoms with E-state index in [1.807, 2.05) is 36.9 Å². The Bertz CT molecular complexity index is 459. The molecule has 2 N–H and O–H groups in total. The van der Waals surface area contributed by atoms with Crippen molar-refractivity contribution in [1.29, 1.82) is 0 Å². The average Bonchev–Trinajstić information content (AvgIpc) is 2.57. The monoisotopic (exact) mass is 188 g/mol. The maximum atomic E-state index is 5.68. The predicted molar refractivity (Wildman–Crippen MR) is 55.6 cm³/mol. The van der Waals surface area contributed by atoms with Gasteiger partial charge in [-0.1, -0.05) is 0 Å². The van der Waals surface area contributed by atoms with Crippen LogP contribution in [0.4, 0.5) is 5.69 Å². The van der Waals surface area contributed by atoms with Crippen molar-refractivity contribution in [2.24, 2.45) is 7.05 Å². The summed E-state index contributed by atoms with van der Waals surface area (Å²) < 4.78 is 1.89. The maximum absolute atomic E-state index is 5.68. The number of aromatic nitrogens is 3. The molecule has 4 heteroatoms. The van der Waals surface area contributed by atoms with Crippen molar-refractivity contribution in [1.82, 2.24) is 14.5 Å². The molecule has 0 fully saturated rings. The van der Waals surface area contributed by atoms with E-state index < -0.39 is 0 Å². The highest BCUT2D eigenvalue weighted by molar-refractivity contribution is 5.57. The Labute approximate surface area is 82.4 Å². The molecule has 14 heavy (non-hydrogen) atoms. The number of nitrogen functional groups attached to an aromatic ring is 1. The first kappa shape index (κ1) is 8.74. The molecule has 0 aliphatic heterocycles. The number of imidazole rings is 1. The van der Waals surface area contributed by atoms with Crippen LogP contribution in [-0.4, -0.2) is 14.5 Å². The molecule has 2 rings (SSSR count). The van der Waals surface area contributed by atoms with E-state index in [2.05, 4.69) is 9.97 Å². The van der Waals surface area contributed by atoms with Gasteiger partial charge in [0.1, 0.15) is 5.69 Å². The van der Waals surface area contributed by atoms with Crippen LogP contribution in [0.15, 0.2) is 24.7 Å². The standard InChI is InChI=1S/C10H12N4/c1-7-8(11)3-4-9(13-7)10-5-14(2)6-12-10/h3-6H,11H2,1-2H3. The third-order valence-corrected chi connectivity index (χ3v) is 2.09. The van der Waals surface area contributed by atoms with Crippen molar-refractivity contribution in [3.63, 3.8) is 0 Å². The van der Waals surface area contributed by atoms with Gasteiger partial charge in [-0.3, -0.25) is 0 Å². The van der Waals surface area contributed by atoms with Crippen molar-refractivity contribution in [2.45, 2.75) is 6.92 Å². The molecule has 2 heterocycles. The molecular weight excluding hydrogens is 176 g/mol. The second kappa shape index (κ2) is 3.14. The Balaban J connectivity index is 2.47. The molecule has 0 bridgehead atoms. The van der Waals surface area contributed by atoms with E-state index in [0.29, 0.717) is 5.69 Å². The van der Waals surface area contributed by atoms with Gasteiger partial charge in [-0.05, 0) is 19.1 Å². The third kappa shape index (κ3) is 1.46. The molecule has 0 radical (unpaired) electrons. The number of hydrogen-bond donors (Lipinski definition) is 1. The first-order chi connectivity index (χ1) is 6.66. The van der Waals surface area contributed by atoms with E-state index in [1.165, 1.54) is 0 Å². The van der Waals surface area contributed by atoms with Gasteiger partial charge >= 0.3 is 0 Å². The van der Waals surface area contributed by atoms with Crippen molar-refractivity contribution in [3.8, 4) is 11.4 Å². The molecule has 2 aromatic heterocycles. The average molecular weight is 188 g/mol. The molecule has 0 saturated carbocycles. The summed E-state index contributed by atoms with van der Waals surface area (Å²) in [5.74, 6) is 0. The highest BCUT2D eigenvalue weighted by Gasteiger charge is 2.03. The van der Waals surface area contributed by atoms with Crippen LogP contribution in [0.2, 0.25) is 0 Å². The highest BCUT2D eigenvalue weighted by atomic mass is 15.0. The quantitative estimate of drug-likeness (QED) is 0.735. The lowest BCUT2D eigenvalue weighted by atomic mass is 10.2. The van der Waals surface area contributed by atoms with Crippen molar-refractivity contribution in [2.75, 3.05) is 5.73 Å². The van der Waals surface area contributed by atoms with E-state index in [-0.39, 0.29) is 0 Å². The van der Waals surface area contributed by atoms with Crippen LogP contribution in [0.5, 0.6) is 0 Å². The number of anilines is 1. The van der Waals surface area contributed by atoms with Crippen LogP contribution < -0.4 is 5.73 Å². The second-order valence-corrected chi connectivity index (χ2v) is 3.30. The maximum Gasteiger partial charge on any atom is 0.107 e. The minimum atomic E-state index is 0.713. The van der Waals surface area contributed by atoms with Crippen LogP contribution in [0.1, 0.15) is 5.69 Å². The normalized spacial score (nSPS) is 10.4. The molecule has 0 spiro atoms. The van der Waals surface area contributed by atoms with Gasteiger partial charge in [-0.2, -0.15) is 0 Å². The zero-order valence-corrected chi connectivity index (χ0v) is 8.23. The van der Waals surface area contributed by atoms with Crippen molar-refractivity contribution >= 4 is 5.69 Å². The lowest BCUT2D eigenvalue weighted by molar-refractivity contribution is 0.913. The van der Waals surface area contributed by atoms with Crippen LogP contribution in [0.25, 0.3) is 11.4 Å². The van der Waals surface area contributed by atoms with E-state index in [0.717, 1.165) is 17.1 Å². The topological polar surface area (TPSA) is 56.7 Å². The van der Waals surface area contributed by atoms with Gasteiger partial charge in [-0.15, -0.1) is 0 Å². The van der Waals surface area contributed by atoms with E-state index in [9.17, 15) is 0 Å². The highest BCUT2D eigenvalue weighted by Crippen LogP contribution is 2.17. The summed E-state index contributed by atoms with van der Waals surface area (Å²) in [6.07, 6.45) is 3.68.